The van der Waals surface area contributed by atoms with E-state index in [-0.39, 0.29) is 17.6 Å². The number of allylic oxidation sites excluding steroid dienone is 1. The van der Waals surface area contributed by atoms with E-state index in [4.69, 9.17) is 4.74 Å². The molecule has 1 aliphatic rings. The molecule has 2 amide bonds. The summed E-state index contributed by atoms with van der Waals surface area (Å²) in [6.07, 6.45) is 5.59. The number of ketones is 1. The van der Waals surface area contributed by atoms with Crippen LogP contribution in [-0.4, -0.2) is 24.7 Å². The van der Waals surface area contributed by atoms with Crippen molar-refractivity contribution in [1.82, 2.24) is 0 Å². The molecule has 0 atom stereocenters. The minimum absolute atomic E-state index is 0.186. The Hall–Kier alpha value is -3.47. The third-order valence-corrected chi connectivity index (χ3v) is 3.77. The number of para-hydroxylation sites is 1. The molecule has 5 nitrogen and oxygen atoms in total. The van der Waals surface area contributed by atoms with Crippen molar-refractivity contribution in [3.8, 4) is 5.75 Å². The third-order valence-electron chi connectivity index (χ3n) is 3.77. The van der Waals surface area contributed by atoms with Gasteiger partial charge in [-0.05, 0) is 42.5 Å². The van der Waals surface area contributed by atoms with Gasteiger partial charge >= 0.3 is 0 Å². The molecular formula is C20H15NO4. The van der Waals surface area contributed by atoms with Crippen molar-refractivity contribution in [2.75, 3.05) is 12.0 Å². The van der Waals surface area contributed by atoms with Crippen LogP contribution in [0.5, 0.6) is 5.75 Å². The molecule has 2 aromatic carbocycles. The molecular weight excluding hydrogens is 318 g/mol. The SMILES string of the molecule is COc1ccccc1C=CC(=O)c1ccc(N2C(=O)C=CC2=O)cc1. The maximum atomic E-state index is 12.3. The predicted molar refractivity (Wildman–Crippen MR) is 94.4 cm³/mol. The van der Waals surface area contributed by atoms with Gasteiger partial charge in [-0.1, -0.05) is 18.2 Å². The van der Waals surface area contributed by atoms with Gasteiger partial charge in [-0.2, -0.15) is 0 Å². The van der Waals surface area contributed by atoms with Gasteiger partial charge in [-0.25, -0.2) is 4.90 Å². The van der Waals surface area contributed by atoms with Crippen LogP contribution in [0.1, 0.15) is 15.9 Å². The van der Waals surface area contributed by atoms with Gasteiger partial charge in [-0.3, -0.25) is 14.4 Å². The van der Waals surface area contributed by atoms with Crippen molar-refractivity contribution in [2.45, 2.75) is 0 Å². The lowest BCUT2D eigenvalue weighted by atomic mass is 10.1. The minimum atomic E-state index is -0.389. The van der Waals surface area contributed by atoms with Crippen LogP contribution in [0.15, 0.2) is 66.8 Å². The zero-order chi connectivity index (χ0) is 17.8. The summed E-state index contributed by atoms with van der Waals surface area (Å²) in [4.78, 5) is 36.6. The highest BCUT2D eigenvalue weighted by atomic mass is 16.5. The molecule has 0 saturated carbocycles. The monoisotopic (exact) mass is 333 g/mol. The van der Waals surface area contributed by atoms with Crippen molar-refractivity contribution < 1.29 is 19.1 Å². The number of rotatable bonds is 5. The molecule has 0 bridgehead atoms. The molecule has 3 rings (SSSR count). The number of ether oxygens (including phenoxy) is 1. The van der Waals surface area contributed by atoms with Crippen molar-refractivity contribution in [3.05, 3.63) is 77.9 Å². The maximum absolute atomic E-state index is 12.3. The van der Waals surface area contributed by atoms with Crippen LogP contribution < -0.4 is 9.64 Å². The van der Waals surface area contributed by atoms with Crippen LogP contribution >= 0.6 is 0 Å². The van der Waals surface area contributed by atoms with Crippen LogP contribution in [0.3, 0.4) is 0 Å². The van der Waals surface area contributed by atoms with Gasteiger partial charge in [0.25, 0.3) is 11.8 Å². The Morgan fingerprint density at radius 1 is 0.960 bits per heavy atom. The molecule has 0 fully saturated rings. The van der Waals surface area contributed by atoms with E-state index in [0.717, 1.165) is 10.5 Å². The van der Waals surface area contributed by atoms with Crippen LogP contribution in [0.4, 0.5) is 5.69 Å². The first-order valence-corrected chi connectivity index (χ1v) is 7.62. The summed E-state index contributed by atoms with van der Waals surface area (Å²) in [6.45, 7) is 0. The Morgan fingerprint density at radius 3 is 2.24 bits per heavy atom. The highest BCUT2D eigenvalue weighted by Gasteiger charge is 2.24. The summed E-state index contributed by atoms with van der Waals surface area (Å²) >= 11 is 0. The van der Waals surface area contributed by atoms with E-state index in [1.807, 2.05) is 24.3 Å². The van der Waals surface area contributed by atoms with Crippen molar-refractivity contribution in [1.29, 1.82) is 0 Å². The molecule has 0 aromatic heterocycles. The lowest BCUT2D eigenvalue weighted by Crippen LogP contribution is -2.29. The Bertz CT molecular complexity index is 876. The molecule has 2 aromatic rings. The second-order valence-corrected chi connectivity index (χ2v) is 5.33. The summed E-state index contributed by atoms with van der Waals surface area (Å²) in [6, 6.07) is 13.7. The van der Waals surface area contributed by atoms with Gasteiger partial charge in [0, 0.05) is 23.3 Å². The lowest BCUT2D eigenvalue weighted by molar-refractivity contribution is -0.119. The summed E-state index contributed by atoms with van der Waals surface area (Å²) in [5.41, 5.74) is 1.70. The molecule has 0 aliphatic carbocycles. The molecule has 0 saturated heterocycles. The fourth-order valence-corrected chi connectivity index (χ4v) is 2.50. The number of hydrogen-bond donors (Lipinski definition) is 0. The van der Waals surface area contributed by atoms with E-state index < -0.39 is 0 Å². The van der Waals surface area contributed by atoms with E-state index in [1.54, 1.807) is 37.5 Å². The van der Waals surface area contributed by atoms with Crippen LogP contribution in [0.25, 0.3) is 6.08 Å². The van der Waals surface area contributed by atoms with E-state index >= 15 is 0 Å². The Balaban J connectivity index is 1.76. The molecule has 124 valence electrons. The standard InChI is InChI=1S/C20H15NO4/c1-25-18-5-3-2-4-15(18)8-11-17(22)14-6-9-16(10-7-14)21-19(23)12-13-20(21)24/h2-13H,1H3. The Kier molecular flexibility index (Phi) is 4.57. The van der Waals surface area contributed by atoms with E-state index in [0.29, 0.717) is 17.0 Å². The first-order valence-electron chi connectivity index (χ1n) is 7.62. The normalized spacial score (nSPS) is 13.7. The van der Waals surface area contributed by atoms with Gasteiger partial charge in [0.1, 0.15) is 5.75 Å². The van der Waals surface area contributed by atoms with E-state index in [1.165, 1.54) is 18.2 Å². The number of nitrogens with zero attached hydrogens (tertiary/aromatic N) is 1. The van der Waals surface area contributed by atoms with Crippen molar-refractivity contribution in [2.24, 2.45) is 0 Å². The average Bonchev–Trinajstić information content (AvgIpc) is 2.98. The van der Waals surface area contributed by atoms with Crippen LogP contribution in [0, 0.1) is 0 Å². The number of carbonyl (C=O) groups excluding carboxylic acids is 3. The van der Waals surface area contributed by atoms with E-state index in [2.05, 4.69) is 0 Å². The minimum Gasteiger partial charge on any atom is -0.496 e. The fraction of sp³-hybridized carbons (Fsp3) is 0.0500. The van der Waals surface area contributed by atoms with Crippen molar-refractivity contribution >= 4 is 29.4 Å². The second kappa shape index (κ2) is 6.97. The fourth-order valence-electron chi connectivity index (χ4n) is 2.50. The molecule has 1 heterocycles. The van der Waals surface area contributed by atoms with Gasteiger partial charge in [0.2, 0.25) is 0 Å². The summed E-state index contributed by atoms with van der Waals surface area (Å²) in [5, 5.41) is 0. The number of carbonyl (C=O) groups is 3. The molecule has 1 aliphatic heterocycles. The van der Waals surface area contributed by atoms with Gasteiger partial charge < -0.3 is 4.74 Å². The van der Waals surface area contributed by atoms with E-state index in [9.17, 15) is 14.4 Å². The number of hydrogen-bond acceptors (Lipinski definition) is 4. The van der Waals surface area contributed by atoms with Crippen LogP contribution in [0.2, 0.25) is 0 Å². The zero-order valence-electron chi connectivity index (χ0n) is 13.5. The largest absolute Gasteiger partial charge is 0.496 e. The van der Waals surface area contributed by atoms with Crippen LogP contribution in [-0.2, 0) is 9.59 Å². The van der Waals surface area contributed by atoms with Gasteiger partial charge in [0.05, 0.1) is 12.8 Å². The molecule has 25 heavy (non-hydrogen) atoms. The summed E-state index contributed by atoms with van der Waals surface area (Å²) < 4.78 is 5.24. The maximum Gasteiger partial charge on any atom is 0.258 e. The predicted octanol–water partition coefficient (Wildman–Crippen LogP) is 3.02. The highest BCUT2D eigenvalue weighted by Crippen LogP contribution is 2.21. The number of benzene rings is 2. The molecule has 0 radical (unpaired) electrons. The Morgan fingerprint density at radius 2 is 1.60 bits per heavy atom. The summed E-state index contributed by atoms with van der Waals surface area (Å²) in [7, 11) is 1.57. The average molecular weight is 333 g/mol. The topological polar surface area (TPSA) is 63.7 Å². The number of anilines is 1. The van der Waals surface area contributed by atoms with Gasteiger partial charge in [0.15, 0.2) is 5.78 Å². The number of imide groups is 1. The van der Waals surface area contributed by atoms with Gasteiger partial charge in [-0.15, -0.1) is 0 Å². The third kappa shape index (κ3) is 3.40. The number of methoxy groups -OCH3 is 1. The molecule has 5 heteroatoms. The lowest BCUT2D eigenvalue weighted by Gasteiger charge is -2.13. The second-order valence-electron chi connectivity index (χ2n) is 5.33. The van der Waals surface area contributed by atoms with Crippen molar-refractivity contribution in [3.63, 3.8) is 0 Å². The first-order chi connectivity index (χ1) is 12.1. The zero-order valence-corrected chi connectivity index (χ0v) is 13.5. The quantitative estimate of drug-likeness (QED) is 0.479. The first kappa shape index (κ1) is 16.4. The summed E-state index contributed by atoms with van der Waals surface area (Å²) in [5.74, 6) is -0.282. The molecule has 0 spiro atoms. The molecule has 0 unspecified atom stereocenters. The molecule has 0 N–H and O–H groups in total. The smallest absolute Gasteiger partial charge is 0.258 e. The number of amides is 2. The Labute approximate surface area is 144 Å². The highest BCUT2D eigenvalue weighted by molar-refractivity contribution is 6.28.